The Kier molecular flexibility index (Phi) is 4.20. The van der Waals surface area contributed by atoms with E-state index >= 15 is 0 Å². The van der Waals surface area contributed by atoms with Crippen LogP contribution in [0.5, 0.6) is 0 Å². The molecule has 0 saturated heterocycles. The van der Waals surface area contributed by atoms with Gasteiger partial charge in [-0.3, -0.25) is 0 Å². The first-order chi connectivity index (χ1) is 7.84. The number of halogens is 3. The summed E-state index contributed by atoms with van der Waals surface area (Å²) in [5.41, 5.74) is 4.62. The van der Waals surface area contributed by atoms with Crippen LogP contribution in [0.3, 0.4) is 0 Å². The monoisotopic (exact) mass is 247 g/mol. The summed E-state index contributed by atoms with van der Waals surface area (Å²) in [6.07, 6.45) is -2.52. The van der Waals surface area contributed by atoms with Crippen molar-refractivity contribution in [1.82, 2.24) is 4.98 Å². The van der Waals surface area contributed by atoms with E-state index in [9.17, 15) is 13.2 Å². The van der Waals surface area contributed by atoms with Gasteiger partial charge in [0.05, 0.1) is 5.56 Å². The molecule has 1 aromatic heterocycles. The summed E-state index contributed by atoms with van der Waals surface area (Å²) in [7, 11) is 1.71. The molecule has 0 aliphatic heterocycles. The molecule has 1 aromatic rings. The van der Waals surface area contributed by atoms with Gasteiger partial charge < -0.3 is 10.6 Å². The first kappa shape index (κ1) is 13.6. The molecule has 0 atom stereocenters. The number of hydrogen-bond donors (Lipinski definition) is 1. The third-order valence-electron chi connectivity index (χ3n) is 2.40. The van der Waals surface area contributed by atoms with Crippen molar-refractivity contribution in [1.29, 1.82) is 0 Å². The van der Waals surface area contributed by atoms with Gasteiger partial charge in [-0.15, -0.1) is 0 Å². The zero-order valence-corrected chi connectivity index (χ0v) is 9.88. The van der Waals surface area contributed by atoms with E-state index in [2.05, 4.69) is 4.98 Å². The fourth-order valence-corrected chi connectivity index (χ4v) is 1.41. The van der Waals surface area contributed by atoms with E-state index < -0.39 is 11.7 Å². The summed E-state index contributed by atoms with van der Waals surface area (Å²) >= 11 is 0. The highest BCUT2D eigenvalue weighted by Crippen LogP contribution is 2.32. The maximum atomic E-state index is 12.6. The Hall–Kier alpha value is -1.46. The predicted molar refractivity (Wildman–Crippen MR) is 61.8 cm³/mol. The molecule has 0 unspecified atom stereocenters. The average molecular weight is 247 g/mol. The van der Waals surface area contributed by atoms with Crippen molar-refractivity contribution in [2.24, 2.45) is 0 Å². The van der Waals surface area contributed by atoms with Gasteiger partial charge in [-0.25, -0.2) is 4.98 Å². The Labute approximate surface area is 98.4 Å². The molecule has 0 fully saturated rings. The number of rotatable bonds is 4. The van der Waals surface area contributed by atoms with E-state index in [1.807, 2.05) is 6.92 Å². The lowest BCUT2D eigenvalue weighted by atomic mass is 10.2. The van der Waals surface area contributed by atoms with Gasteiger partial charge in [0.2, 0.25) is 0 Å². The van der Waals surface area contributed by atoms with Crippen molar-refractivity contribution >= 4 is 11.6 Å². The number of nitrogen functional groups attached to an aromatic ring is 1. The highest BCUT2D eigenvalue weighted by Gasteiger charge is 2.31. The SMILES string of the molecule is CCCCN(C)c1cc(C(F)(F)F)cc(N)n1. The van der Waals surface area contributed by atoms with Crippen LogP contribution in [0.25, 0.3) is 0 Å². The van der Waals surface area contributed by atoms with Crippen LogP contribution in [0.2, 0.25) is 0 Å². The summed E-state index contributed by atoms with van der Waals surface area (Å²) in [5, 5.41) is 0. The molecule has 96 valence electrons. The van der Waals surface area contributed by atoms with Crippen LogP contribution < -0.4 is 10.6 Å². The molecule has 0 saturated carbocycles. The summed E-state index contributed by atoms with van der Waals surface area (Å²) in [4.78, 5) is 5.58. The van der Waals surface area contributed by atoms with Gasteiger partial charge in [0.15, 0.2) is 0 Å². The van der Waals surface area contributed by atoms with Gasteiger partial charge >= 0.3 is 6.18 Å². The number of nitrogens with two attached hydrogens (primary N) is 1. The number of nitrogens with zero attached hydrogens (tertiary/aromatic N) is 2. The third-order valence-corrected chi connectivity index (χ3v) is 2.40. The van der Waals surface area contributed by atoms with Crippen molar-refractivity contribution in [3.05, 3.63) is 17.7 Å². The van der Waals surface area contributed by atoms with Crippen LogP contribution in [0.1, 0.15) is 25.3 Å². The molecule has 0 spiro atoms. The molecule has 3 nitrogen and oxygen atoms in total. The Morgan fingerprint density at radius 3 is 2.53 bits per heavy atom. The molecule has 2 N–H and O–H groups in total. The molecule has 17 heavy (non-hydrogen) atoms. The average Bonchev–Trinajstić information content (AvgIpc) is 2.23. The van der Waals surface area contributed by atoms with Crippen molar-refractivity contribution in [2.45, 2.75) is 25.9 Å². The van der Waals surface area contributed by atoms with Gasteiger partial charge in [0.25, 0.3) is 0 Å². The zero-order valence-electron chi connectivity index (χ0n) is 9.88. The molecule has 0 aliphatic carbocycles. The lowest BCUT2D eigenvalue weighted by molar-refractivity contribution is -0.137. The number of pyridine rings is 1. The Bertz CT molecular complexity index is 377. The second-order valence-corrected chi connectivity index (χ2v) is 3.91. The van der Waals surface area contributed by atoms with E-state index in [4.69, 9.17) is 5.73 Å². The molecular formula is C11H16F3N3. The minimum Gasteiger partial charge on any atom is -0.384 e. The Morgan fingerprint density at radius 2 is 2.00 bits per heavy atom. The number of unbranched alkanes of at least 4 members (excludes halogenated alkanes) is 1. The molecule has 6 heteroatoms. The third kappa shape index (κ3) is 3.80. The first-order valence-electron chi connectivity index (χ1n) is 5.40. The minimum atomic E-state index is -4.39. The van der Waals surface area contributed by atoms with Crippen molar-refractivity contribution < 1.29 is 13.2 Å². The molecule has 0 amide bonds. The highest BCUT2D eigenvalue weighted by atomic mass is 19.4. The van der Waals surface area contributed by atoms with Gasteiger partial charge in [-0.1, -0.05) is 13.3 Å². The number of aromatic nitrogens is 1. The predicted octanol–water partition coefficient (Wildman–Crippen LogP) is 2.92. The molecule has 0 radical (unpaired) electrons. The summed E-state index contributed by atoms with van der Waals surface area (Å²) in [6, 6.07) is 1.86. The van der Waals surface area contributed by atoms with Crippen LogP contribution in [-0.4, -0.2) is 18.6 Å². The van der Waals surface area contributed by atoms with Crippen molar-refractivity contribution in [3.63, 3.8) is 0 Å². The van der Waals surface area contributed by atoms with E-state index in [0.29, 0.717) is 6.54 Å². The van der Waals surface area contributed by atoms with E-state index in [1.165, 1.54) is 0 Å². The molecule has 0 aliphatic rings. The second kappa shape index (κ2) is 5.25. The van der Waals surface area contributed by atoms with E-state index in [1.54, 1.807) is 11.9 Å². The number of hydrogen-bond acceptors (Lipinski definition) is 3. The summed E-state index contributed by atoms with van der Waals surface area (Å²) in [5.74, 6) is 0.143. The van der Waals surface area contributed by atoms with Gasteiger partial charge in [0.1, 0.15) is 11.6 Å². The fourth-order valence-electron chi connectivity index (χ4n) is 1.41. The zero-order chi connectivity index (χ0) is 13.1. The normalized spacial score (nSPS) is 11.6. The van der Waals surface area contributed by atoms with Crippen molar-refractivity contribution in [3.8, 4) is 0 Å². The minimum absolute atomic E-state index is 0.113. The number of anilines is 2. The van der Waals surface area contributed by atoms with Crippen LogP contribution in [-0.2, 0) is 6.18 Å². The summed E-state index contributed by atoms with van der Waals surface area (Å²) < 4.78 is 37.7. The Morgan fingerprint density at radius 1 is 1.35 bits per heavy atom. The maximum Gasteiger partial charge on any atom is 0.416 e. The second-order valence-electron chi connectivity index (χ2n) is 3.91. The van der Waals surface area contributed by atoms with Crippen LogP contribution >= 0.6 is 0 Å². The largest absolute Gasteiger partial charge is 0.416 e. The van der Waals surface area contributed by atoms with Gasteiger partial charge in [0, 0.05) is 13.6 Å². The maximum absolute atomic E-state index is 12.6. The lowest BCUT2D eigenvalue weighted by Gasteiger charge is -2.19. The smallest absolute Gasteiger partial charge is 0.384 e. The van der Waals surface area contributed by atoms with Crippen molar-refractivity contribution in [2.75, 3.05) is 24.2 Å². The standard InChI is InChI=1S/C11H16F3N3/c1-3-4-5-17(2)10-7-8(11(12,13)14)6-9(15)16-10/h6-7H,3-5H2,1-2H3,(H2,15,16). The molecule has 1 rings (SSSR count). The Balaban J connectivity index is 2.97. The van der Waals surface area contributed by atoms with Gasteiger partial charge in [-0.2, -0.15) is 13.2 Å². The van der Waals surface area contributed by atoms with Gasteiger partial charge in [-0.05, 0) is 18.6 Å². The lowest BCUT2D eigenvalue weighted by Crippen LogP contribution is -2.21. The van der Waals surface area contributed by atoms with E-state index in [0.717, 1.165) is 25.0 Å². The van der Waals surface area contributed by atoms with Crippen LogP contribution in [0, 0.1) is 0 Å². The molecule has 0 aromatic carbocycles. The summed E-state index contributed by atoms with van der Waals surface area (Å²) in [6.45, 7) is 2.67. The highest BCUT2D eigenvalue weighted by molar-refractivity contribution is 5.48. The van der Waals surface area contributed by atoms with Crippen LogP contribution in [0.15, 0.2) is 12.1 Å². The van der Waals surface area contributed by atoms with E-state index in [-0.39, 0.29) is 11.6 Å². The molecule has 1 heterocycles. The fraction of sp³-hybridized carbons (Fsp3) is 0.545. The molecular weight excluding hydrogens is 231 g/mol. The van der Waals surface area contributed by atoms with Crippen LogP contribution in [0.4, 0.5) is 24.8 Å². The first-order valence-corrected chi connectivity index (χ1v) is 5.40. The number of alkyl halides is 3. The quantitative estimate of drug-likeness (QED) is 0.889. The topological polar surface area (TPSA) is 42.1 Å². The molecule has 0 bridgehead atoms.